The van der Waals surface area contributed by atoms with E-state index in [-0.39, 0.29) is 6.04 Å². The summed E-state index contributed by atoms with van der Waals surface area (Å²) in [7, 11) is 1.48. The summed E-state index contributed by atoms with van der Waals surface area (Å²) in [5, 5.41) is 9.14. The fourth-order valence-corrected chi connectivity index (χ4v) is 2.52. The van der Waals surface area contributed by atoms with Crippen LogP contribution in [0.2, 0.25) is 0 Å². The summed E-state index contributed by atoms with van der Waals surface area (Å²) in [6.07, 6.45) is 0.632. The van der Waals surface area contributed by atoms with Gasteiger partial charge in [-0.15, -0.1) is 0 Å². The van der Waals surface area contributed by atoms with Crippen LogP contribution in [0.15, 0.2) is 0 Å². The van der Waals surface area contributed by atoms with Crippen molar-refractivity contribution in [2.45, 2.75) is 58.3 Å². The number of carboxylic acid groups (broad SMARTS) is 1. The molecule has 0 aromatic rings. The third-order valence-electron chi connectivity index (χ3n) is 3.46. The van der Waals surface area contributed by atoms with E-state index in [0.29, 0.717) is 6.54 Å². The summed E-state index contributed by atoms with van der Waals surface area (Å²) in [6, 6.07) is -0.249. The molecule has 0 radical (unpaired) electrons. The summed E-state index contributed by atoms with van der Waals surface area (Å²) in [5.41, 5.74) is -0.564. The van der Waals surface area contributed by atoms with Crippen molar-refractivity contribution in [2.24, 2.45) is 5.92 Å². The van der Waals surface area contributed by atoms with Crippen LogP contribution in [0.4, 0.5) is 4.79 Å². The van der Waals surface area contributed by atoms with Gasteiger partial charge in [0.15, 0.2) is 0 Å². The molecule has 116 valence electrons. The zero-order valence-electron chi connectivity index (χ0n) is 12.9. The number of aliphatic carboxylic acids is 1. The molecule has 1 fully saturated rings. The van der Waals surface area contributed by atoms with Crippen LogP contribution in [0.1, 0.15) is 40.5 Å². The second-order valence-corrected chi connectivity index (χ2v) is 6.21. The predicted octanol–water partition coefficient (Wildman–Crippen LogP) is 2.12. The molecule has 3 atom stereocenters. The summed E-state index contributed by atoms with van der Waals surface area (Å²) in [4.78, 5) is 24.9. The van der Waals surface area contributed by atoms with Crippen LogP contribution in [-0.4, -0.2) is 53.5 Å². The number of nitrogens with zero attached hydrogens (tertiary/aromatic N) is 1. The van der Waals surface area contributed by atoms with Crippen molar-refractivity contribution in [2.75, 3.05) is 13.7 Å². The Bertz CT molecular complexity index is 363. The molecule has 6 nitrogen and oxygen atoms in total. The van der Waals surface area contributed by atoms with Gasteiger partial charge in [-0.3, -0.25) is 4.79 Å². The van der Waals surface area contributed by atoms with Crippen LogP contribution in [-0.2, 0) is 14.3 Å². The number of hydrogen-bond acceptors (Lipinski definition) is 4. The molecule has 1 aliphatic rings. The lowest BCUT2D eigenvalue weighted by Gasteiger charge is -2.34. The van der Waals surface area contributed by atoms with E-state index in [0.717, 1.165) is 12.8 Å². The van der Waals surface area contributed by atoms with Gasteiger partial charge in [0.1, 0.15) is 5.60 Å². The van der Waals surface area contributed by atoms with E-state index >= 15 is 0 Å². The van der Waals surface area contributed by atoms with E-state index in [2.05, 4.69) is 0 Å². The zero-order chi connectivity index (χ0) is 15.5. The van der Waals surface area contributed by atoms with Crippen molar-refractivity contribution in [3.63, 3.8) is 0 Å². The van der Waals surface area contributed by atoms with Gasteiger partial charge >= 0.3 is 12.1 Å². The summed E-state index contributed by atoms with van der Waals surface area (Å²) in [6.45, 7) is 7.60. The second-order valence-electron chi connectivity index (χ2n) is 6.21. The Labute approximate surface area is 120 Å². The van der Waals surface area contributed by atoms with Gasteiger partial charge < -0.3 is 19.5 Å². The number of ether oxygens (including phenoxy) is 2. The first-order valence-corrected chi connectivity index (χ1v) is 6.92. The molecule has 0 unspecified atom stereocenters. The molecule has 0 spiro atoms. The molecule has 0 aliphatic carbocycles. The summed E-state index contributed by atoms with van der Waals surface area (Å²) < 4.78 is 10.7. The van der Waals surface area contributed by atoms with E-state index < -0.39 is 29.7 Å². The zero-order valence-corrected chi connectivity index (χ0v) is 12.9. The van der Waals surface area contributed by atoms with E-state index in [4.69, 9.17) is 14.6 Å². The number of amides is 1. The van der Waals surface area contributed by atoms with Gasteiger partial charge in [-0.2, -0.15) is 0 Å². The Morgan fingerprint density at radius 2 is 1.95 bits per heavy atom. The molecule has 0 aromatic carbocycles. The number of carboxylic acids is 1. The highest BCUT2D eigenvalue weighted by atomic mass is 16.6. The first-order chi connectivity index (χ1) is 9.17. The Hall–Kier alpha value is -1.30. The molecule has 1 saturated heterocycles. The molecule has 0 aromatic heterocycles. The SMILES string of the molecule is CO[C@@H]([C@H](C)C(=O)O)[C@H]1CCCN1C(=O)OC(C)(C)C. The van der Waals surface area contributed by atoms with E-state index in [1.807, 2.05) is 20.8 Å². The maximum Gasteiger partial charge on any atom is 0.410 e. The standard InChI is InChI=1S/C14H25NO5/c1-9(12(16)17)11(19-5)10-7-6-8-15(10)13(18)20-14(2,3)4/h9-11H,6-8H2,1-5H3,(H,16,17)/t9-,10+,11-/m0/s1. The van der Waals surface area contributed by atoms with Crippen molar-refractivity contribution < 1.29 is 24.2 Å². The van der Waals surface area contributed by atoms with Gasteiger partial charge in [0.05, 0.1) is 18.1 Å². The number of carbonyl (C=O) groups is 2. The lowest BCUT2D eigenvalue weighted by Crippen LogP contribution is -2.49. The molecule has 1 heterocycles. The molecule has 0 saturated carbocycles. The van der Waals surface area contributed by atoms with E-state index in [1.165, 1.54) is 7.11 Å². The summed E-state index contributed by atoms with van der Waals surface area (Å²) in [5.74, 6) is -1.60. The Balaban J connectivity index is 2.82. The minimum Gasteiger partial charge on any atom is -0.481 e. The van der Waals surface area contributed by atoms with E-state index in [1.54, 1.807) is 11.8 Å². The van der Waals surface area contributed by atoms with Gasteiger partial charge in [0.2, 0.25) is 0 Å². The molecule has 6 heteroatoms. The lowest BCUT2D eigenvalue weighted by molar-refractivity contribution is -0.147. The average molecular weight is 287 g/mol. The van der Waals surface area contributed by atoms with Crippen molar-refractivity contribution in [1.29, 1.82) is 0 Å². The van der Waals surface area contributed by atoms with Crippen molar-refractivity contribution in [3.8, 4) is 0 Å². The van der Waals surface area contributed by atoms with Crippen LogP contribution < -0.4 is 0 Å². The number of likely N-dealkylation sites (tertiary alicyclic amines) is 1. The van der Waals surface area contributed by atoms with Gasteiger partial charge in [0.25, 0.3) is 0 Å². The Morgan fingerprint density at radius 3 is 2.40 bits per heavy atom. The predicted molar refractivity (Wildman–Crippen MR) is 73.6 cm³/mol. The Morgan fingerprint density at radius 1 is 1.35 bits per heavy atom. The topological polar surface area (TPSA) is 76.1 Å². The van der Waals surface area contributed by atoms with E-state index in [9.17, 15) is 9.59 Å². The number of methoxy groups -OCH3 is 1. The number of hydrogen-bond donors (Lipinski definition) is 1. The van der Waals surface area contributed by atoms with Gasteiger partial charge in [-0.25, -0.2) is 4.79 Å². The highest BCUT2D eigenvalue weighted by molar-refractivity contribution is 5.71. The molecule has 1 rings (SSSR count). The fraction of sp³-hybridized carbons (Fsp3) is 0.857. The molecule has 20 heavy (non-hydrogen) atoms. The van der Waals surface area contributed by atoms with Gasteiger partial charge in [-0.05, 0) is 40.5 Å². The van der Waals surface area contributed by atoms with Gasteiger partial charge in [0, 0.05) is 13.7 Å². The van der Waals surface area contributed by atoms with Crippen LogP contribution >= 0.6 is 0 Å². The quantitative estimate of drug-likeness (QED) is 0.857. The molecule has 1 amide bonds. The minimum absolute atomic E-state index is 0.249. The van der Waals surface area contributed by atoms with Crippen LogP contribution in [0.3, 0.4) is 0 Å². The first kappa shape index (κ1) is 16.8. The molecule has 1 aliphatic heterocycles. The molecular weight excluding hydrogens is 262 g/mol. The third kappa shape index (κ3) is 4.10. The van der Waals surface area contributed by atoms with Crippen LogP contribution in [0.25, 0.3) is 0 Å². The second kappa shape index (κ2) is 6.43. The smallest absolute Gasteiger partial charge is 0.410 e. The van der Waals surface area contributed by atoms with Crippen molar-refractivity contribution >= 4 is 12.1 Å². The number of carbonyl (C=O) groups excluding carboxylic acids is 1. The highest BCUT2D eigenvalue weighted by Crippen LogP contribution is 2.27. The molecule has 1 N–H and O–H groups in total. The van der Waals surface area contributed by atoms with Gasteiger partial charge in [-0.1, -0.05) is 0 Å². The number of rotatable bonds is 4. The maximum absolute atomic E-state index is 12.2. The monoisotopic (exact) mass is 287 g/mol. The lowest BCUT2D eigenvalue weighted by atomic mass is 9.96. The van der Waals surface area contributed by atoms with Crippen molar-refractivity contribution in [3.05, 3.63) is 0 Å². The normalized spacial score (nSPS) is 22.4. The van der Waals surface area contributed by atoms with Crippen molar-refractivity contribution in [1.82, 2.24) is 4.90 Å². The molecule has 0 bridgehead atoms. The fourth-order valence-electron chi connectivity index (χ4n) is 2.52. The highest BCUT2D eigenvalue weighted by Gasteiger charge is 2.41. The summed E-state index contributed by atoms with van der Waals surface area (Å²) >= 11 is 0. The largest absolute Gasteiger partial charge is 0.481 e. The van der Waals surface area contributed by atoms with Crippen LogP contribution in [0, 0.1) is 5.92 Å². The van der Waals surface area contributed by atoms with Crippen LogP contribution in [0.5, 0.6) is 0 Å². The third-order valence-corrected chi connectivity index (χ3v) is 3.46. The average Bonchev–Trinajstić information content (AvgIpc) is 2.76. The molecular formula is C14H25NO5. The first-order valence-electron chi connectivity index (χ1n) is 6.92. The Kier molecular flexibility index (Phi) is 5.39. The minimum atomic E-state index is -0.923. The maximum atomic E-state index is 12.2.